The van der Waals surface area contributed by atoms with Gasteiger partial charge in [0.25, 0.3) is 15.7 Å². The van der Waals surface area contributed by atoms with Gasteiger partial charge in [-0.3, -0.25) is 13.9 Å². The number of rotatable bonds is 7. The van der Waals surface area contributed by atoms with Gasteiger partial charge in [0.05, 0.1) is 11.1 Å². The summed E-state index contributed by atoms with van der Waals surface area (Å²) < 4.78 is 53.9. The van der Waals surface area contributed by atoms with E-state index in [1.54, 1.807) is 6.92 Å². The molecule has 226 valence electrons. The Hall–Kier alpha value is -1.82. The Morgan fingerprint density at radius 1 is 1.07 bits per heavy atom. The van der Waals surface area contributed by atoms with E-state index >= 15 is 0 Å². The maximum atomic E-state index is 13.7. The molecule has 40 heavy (non-hydrogen) atoms. The molecule has 3 heterocycles. The molecule has 2 aliphatic heterocycles. The molecule has 3 rings (SSSR count). The predicted molar refractivity (Wildman–Crippen MR) is 159 cm³/mol. The fourth-order valence-corrected chi connectivity index (χ4v) is 7.78. The van der Waals surface area contributed by atoms with Crippen LogP contribution in [0.25, 0.3) is 0 Å². The third kappa shape index (κ3) is 5.51. The second kappa shape index (κ2) is 10.2. The molecule has 1 aromatic rings. The summed E-state index contributed by atoms with van der Waals surface area (Å²) in [6.45, 7) is 25.4. The summed E-state index contributed by atoms with van der Waals surface area (Å²) in [7, 11) is -9.56. The molecule has 1 fully saturated rings. The molecule has 2 aliphatic rings. The molecule has 0 radical (unpaired) electrons. The van der Waals surface area contributed by atoms with Crippen LogP contribution >= 0.6 is 0 Å². The minimum Gasteiger partial charge on any atom is -0.406 e. The van der Waals surface area contributed by atoms with Gasteiger partial charge in [-0.05, 0) is 43.2 Å². The Bertz CT molecular complexity index is 1430. The molecule has 11 nitrogen and oxygen atoms in total. The summed E-state index contributed by atoms with van der Waals surface area (Å²) in [6.07, 6.45) is -0.920. The largest absolute Gasteiger partial charge is 0.406 e. The Kier molecular flexibility index (Phi) is 8.31. The van der Waals surface area contributed by atoms with E-state index in [1.807, 2.05) is 67.7 Å². The number of nitrogens with two attached hydrogens (primary N) is 1. The first-order valence-electron chi connectivity index (χ1n) is 13.3. The number of nitrogens with zero attached hydrogens (tertiary/aromatic N) is 2. The van der Waals surface area contributed by atoms with Crippen LogP contribution in [-0.4, -0.2) is 52.2 Å². The van der Waals surface area contributed by atoms with E-state index in [0.29, 0.717) is 0 Å². The summed E-state index contributed by atoms with van der Waals surface area (Å²) in [4.78, 5) is 26.5. The van der Waals surface area contributed by atoms with Crippen molar-refractivity contribution in [3.05, 3.63) is 56.4 Å². The molecular weight excluding hydrogens is 571 g/mol. The van der Waals surface area contributed by atoms with Crippen LogP contribution in [0.4, 0.5) is 0 Å². The Balaban J connectivity index is 2.37. The van der Waals surface area contributed by atoms with Crippen LogP contribution in [0.3, 0.4) is 0 Å². The van der Waals surface area contributed by atoms with E-state index in [1.165, 1.54) is 16.8 Å². The highest BCUT2D eigenvalue weighted by atomic mass is 32.2. The summed E-state index contributed by atoms with van der Waals surface area (Å²) in [5, 5.41) is 0.261. The first-order valence-corrected chi connectivity index (χ1v) is 20.6. The molecule has 0 aromatic carbocycles. The molecule has 0 aliphatic carbocycles. The van der Waals surface area contributed by atoms with E-state index in [0.717, 1.165) is 9.98 Å². The van der Waals surface area contributed by atoms with Gasteiger partial charge in [0.15, 0.2) is 29.2 Å². The molecule has 0 saturated carbocycles. The van der Waals surface area contributed by atoms with Gasteiger partial charge in [0.1, 0.15) is 6.10 Å². The van der Waals surface area contributed by atoms with Crippen LogP contribution in [0, 0.1) is 6.92 Å². The van der Waals surface area contributed by atoms with Crippen molar-refractivity contribution < 1.29 is 26.2 Å². The Morgan fingerprint density at radius 2 is 1.60 bits per heavy atom. The number of ether oxygens (including phenoxy) is 1. The van der Waals surface area contributed by atoms with Gasteiger partial charge in [0.2, 0.25) is 5.60 Å². The molecule has 2 N–H and O–H groups in total. The van der Waals surface area contributed by atoms with Crippen LogP contribution in [0.2, 0.25) is 36.3 Å². The van der Waals surface area contributed by atoms with Gasteiger partial charge in [-0.15, -0.1) is 6.58 Å². The van der Waals surface area contributed by atoms with Crippen LogP contribution in [0.1, 0.15) is 53.3 Å². The number of hydrogen-bond acceptors (Lipinski definition) is 9. The van der Waals surface area contributed by atoms with Crippen LogP contribution in [0.15, 0.2) is 39.5 Å². The lowest BCUT2D eigenvalue weighted by atomic mass is 9.94. The lowest BCUT2D eigenvalue weighted by Gasteiger charge is -2.44. The number of aromatic nitrogens is 2. The number of allylic oxidation sites excluding steroid dienone is 1. The molecule has 1 saturated heterocycles. The molecule has 1 aromatic heterocycles. The van der Waals surface area contributed by atoms with Crippen LogP contribution < -0.4 is 17.0 Å². The topological polar surface area (TPSA) is 141 Å². The SMILES string of the molecule is C=CCn1c(=O)c(C)cn([C@@H]2O[C@H](O[Si](C)(C)C(C)(C)C)C3(OS(=O)(=O)C=C3N)C2O[Si](C)(C)C(C)(C)C)c1=O. The molecule has 0 amide bonds. The molecule has 1 spiro atoms. The first kappa shape index (κ1) is 32.7. The molecular formula is C26H45N3O8SSi2. The summed E-state index contributed by atoms with van der Waals surface area (Å²) in [6, 6.07) is 0. The normalized spacial score (nSPS) is 27.3. The van der Waals surface area contributed by atoms with E-state index in [9.17, 15) is 18.0 Å². The summed E-state index contributed by atoms with van der Waals surface area (Å²) in [5.41, 5.74) is 3.60. The minimum atomic E-state index is -4.23. The fraction of sp³-hybridized carbons (Fsp3) is 0.692. The highest BCUT2D eigenvalue weighted by Gasteiger charge is 2.69. The average Bonchev–Trinajstić information content (AvgIpc) is 3.18. The highest BCUT2D eigenvalue weighted by molar-refractivity contribution is 7.90. The van der Waals surface area contributed by atoms with Crippen LogP contribution in [-0.2, 0) is 34.4 Å². The Labute approximate surface area is 239 Å². The second-order valence-corrected chi connectivity index (χ2v) is 24.6. The van der Waals surface area contributed by atoms with E-state index < -0.39 is 62.2 Å². The maximum absolute atomic E-state index is 13.7. The minimum absolute atomic E-state index is 0.0260. The number of hydrogen-bond donors (Lipinski definition) is 1. The van der Waals surface area contributed by atoms with Crippen molar-refractivity contribution in [2.75, 3.05) is 0 Å². The van der Waals surface area contributed by atoms with E-state index in [2.05, 4.69) is 6.58 Å². The maximum Gasteiger partial charge on any atom is 0.333 e. The van der Waals surface area contributed by atoms with Crippen LogP contribution in [0.5, 0.6) is 0 Å². The van der Waals surface area contributed by atoms with Crippen molar-refractivity contribution in [3.63, 3.8) is 0 Å². The summed E-state index contributed by atoms with van der Waals surface area (Å²) in [5.74, 6) is 0. The molecule has 14 heteroatoms. The van der Waals surface area contributed by atoms with Crippen molar-refractivity contribution in [2.45, 2.75) is 115 Å². The quantitative estimate of drug-likeness (QED) is 0.276. The van der Waals surface area contributed by atoms with Gasteiger partial charge in [-0.1, -0.05) is 47.6 Å². The smallest absolute Gasteiger partial charge is 0.333 e. The summed E-state index contributed by atoms with van der Waals surface area (Å²) >= 11 is 0. The lowest BCUT2D eigenvalue weighted by molar-refractivity contribution is -0.147. The van der Waals surface area contributed by atoms with Crippen molar-refractivity contribution in [1.29, 1.82) is 0 Å². The number of aryl methyl sites for hydroxylation is 1. The molecule has 4 atom stereocenters. The van der Waals surface area contributed by atoms with Crippen molar-refractivity contribution in [2.24, 2.45) is 5.73 Å². The standard InChI is InChI=1S/C26H45N3O8SSi2/c1-13-14-28-20(30)17(2)15-29(23(28)31)21-19(35-39(9,10)24(3,4)5)26(18(27)16-38(32,33)37-26)22(34-21)36-40(11,12)25(6,7)8/h13,15-16,19,21-22H,1,14,27H2,2-12H3/t19?,21-,22-,26?/m1/s1. The van der Waals surface area contributed by atoms with Gasteiger partial charge >= 0.3 is 5.69 Å². The lowest BCUT2D eigenvalue weighted by Crippen LogP contribution is -2.60. The van der Waals surface area contributed by atoms with E-state index in [-0.39, 0.29) is 27.9 Å². The van der Waals surface area contributed by atoms with E-state index in [4.69, 9.17) is 23.5 Å². The predicted octanol–water partition coefficient (Wildman–Crippen LogP) is 3.67. The monoisotopic (exact) mass is 615 g/mol. The third-order valence-electron chi connectivity index (χ3n) is 8.66. The van der Waals surface area contributed by atoms with Crippen molar-refractivity contribution in [1.82, 2.24) is 9.13 Å². The van der Waals surface area contributed by atoms with Crippen molar-refractivity contribution in [3.8, 4) is 0 Å². The highest BCUT2D eigenvalue weighted by Crippen LogP contribution is 2.53. The van der Waals surface area contributed by atoms with Gasteiger partial charge in [-0.2, -0.15) is 8.42 Å². The zero-order valence-corrected chi connectivity index (χ0v) is 28.3. The third-order valence-corrected chi connectivity index (χ3v) is 18.6. The second-order valence-electron chi connectivity index (χ2n) is 13.7. The average molecular weight is 616 g/mol. The zero-order valence-electron chi connectivity index (χ0n) is 25.5. The van der Waals surface area contributed by atoms with Gasteiger partial charge in [-0.25, -0.2) is 8.98 Å². The van der Waals surface area contributed by atoms with Gasteiger partial charge < -0.3 is 19.3 Å². The van der Waals surface area contributed by atoms with Crippen molar-refractivity contribution >= 4 is 26.8 Å². The zero-order chi connectivity index (χ0) is 30.9. The molecule has 0 bridgehead atoms. The first-order chi connectivity index (χ1) is 17.9. The molecule has 2 unspecified atom stereocenters. The van der Waals surface area contributed by atoms with Gasteiger partial charge in [0, 0.05) is 18.3 Å². The Morgan fingerprint density at radius 3 is 2.05 bits per heavy atom. The fourth-order valence-electron chi connectivity index (χ4n) is 4.19.